The summed E-state index contributed by atoms with van der Waals surface area (Å²) < 4.78 is 0.905. The van der Waals surface area contributed by atoms with Gasteiger partial charge in [-0.1, -0.05) is 30.0 Å². The number of benzene rings is 2. The van der Waals surface area contributed by atoms with Gasteiger partial charge in [0.25, 0.3) is 5.91 Å². The molecule has 1 aromatic heterocycles. The lowest BCUT2D eigenvalue weighted by Gasteiger charge is -2.13. The zero-order valence-electron chi connectivity index (χ0n) is 16.3. The van der Waals surface area contributed by atoms with E-state index >= 15 is 0 Å². The molecule has 1 aliphatic rings. The summed E-state index contributed by atoms with van der Waals surface area (Å²) >= 11 is 4.82. The number of amides is 2. The maximum Gasteiger partial charge on any atom is 0.256 e. The molecule has 0 aliphatic heterocycles. The molecule has 0 bridgehead atoms. The first-order valence-electron chi connectivity index (χ1n) is 9.61. The van der Waals surface area contributed by atoms with Crippen molar-refractivity contribution in [1.82, 2.24) is 4.98 Å². The molecule has 2 aromatic carbocycles. The number of nitrogens with one attached hydrogen (secondary N) is 2. The molecule has 1 fully saturated rings. The van der Waals surface area contributed by atoms with E-state index in [1.165, 1.54) is 11.8 Å². The van der Waals surface area contributed by atoms with Crippen LogP contribution in [0.15, 0.2) is 75.2 Å². The van der Waals surface area contributed by atoms with Gasteiger partial charge >= 0.3 is 0 Å². The molecule has 0 atom stereocenters. The Bertz CT molecular complexity index is 1100. The van der Waals surface area contributed by atoms with Gasteiger partial charge in [0.15, 0.2) is 0 Å². The Morgan fingerprint density at radius 2 is 1.87 bits per heavy atom. The number of aromatic nitrogens is 1. The first-order valence-corrected chi connectivity index (χ1v) is 11.2. The van der Waals surface area contributed by atoms with Crippen LogP contribution in [-0.4, -0.2) is 16.8 Å². The van der Waals surface area contributed by atoms with Crippen molar-refractivity contribution in [3.63, 3.8) is 0 Å². The summed E-state index contributed by atoms with van der Waals surface area (Å²) in [6.07, 6.45) is 3.63. The number of aryl methyl sites for hydroxylation is 1. The predicted molar refractivity (Wildman–Crippen MR) is 123 cm³/mol. The molecule has 1 saturated carbocycles. The van der Waals surface area contributed by atoms with Crippen molar-refractivity contribution in [3.8, 4) is 0 Å². The number of anilines is 2. The maximum atomic E-state index is 13.0. The van der Waals surface area contributed by atoms with E-state index in [9.17, 15) is 9.59 Å². The summed E-state index contributed by atoms with van der Waals surface area (Å²) in [5.74, 6) is -0.0377. The molecule has 152 valence electrons. The number of pyridine rings is 1. The molecule has 0 saturated heterocycles. The van der Waals surface area contributed by atoms with Crippen molar-refractivity contribution < 1.29 is 9.59 Å². The smallest absolute Gasteiger partial charge is 0.256 e. The Morgan fingerprint density at radius 3 is 2.60 bits per heavy atom. The van der Waals surface area contributed by atoms with Crippen molar-refractivity contribution in [3.05, 3.63) is 76.4 Å². The molecule has 5 nitrogen and oxygen atoms in total. The quantitative estimate of drug-likeness (QED) is 0.459. The Kier molecular flexibility index (Phi) is 6.20. The zero-order valence-corrected chi connectivity index (χ0v) is 18.7. The van der Waals surface area contributed by atoms with Crippen LogP contribution in [0.1, 0.15) is 28.8 Å². The van der Waals surface area contributed by atoms with Crippen molar-refractivity contribution >= 4 is 50.9 Å². The molecule has 4 rings (SSSR count). The van der Waals surface area contributed by atoms with Gasteiger partial charge in [0.05, 0.1) is 5.56 Å². The van der Waals surface area contributed by atoms with E-state index in [1.54, 1.807) is 18.3 Å². The second-order valence-electron chi connectivity index (χ2n) is 7.16. The van der Waals surface area contributed by atoms with Crippen LogP contribution in [0.5, 0.6) is 0 Å². The SMILES string of the molecule is Cc1ccc(NC(=O)C2CC2)cc1NC(=O)c1ccccc1Sc1ccc(Br)cn1. The summed E-state index contributed by atoms with van der Waals surface area (Å²) in [5.41, 5.74) is 2.86. The Balaban J connectivity index is 1.52. The second-order valence-corrected chi connectivity index (χ2v) is 9.14. The van der Waals surface area contributed by atoms with Gasteiger partial charge in [-0.25, -0.2) is 4.98 Å². The highest BCUT2D eigenvalue weighted by molar-refractivity contribution is 9.10. The molecule has 0 spiro atoms. The fourth-order valence-electron chi connectivity index (χ4n) is 2.89. The van der Waals surface area contributed by atoms with Crippen LogP contribution >= 0.6 is 27.7 Å². The number of halogens is 1. The van der Waals surface area contributed by atoms with Crippen LogP contribution in [0.2, 0.25) is 0 Å². The van der Waals surface area contributed by atoms with E-state index in [1.807, 2.05) is 49.4 Å². The Labute approximate surface area is 187 Å². The summed E-state index contributed by atoms with van der Waals surface area (Å²) in [6, 6.07) is 16.8. The van der Waals surface area contributed by atoms with E-state index < -0.39 is 0 Å². The van der Waals surface area contributed by atoms with Crippen LogP contribution < -0.4 is 10.6 Å². The van der Waals surface area contributed by atoms with Gasteiger partial charge in [-0.05, 0) is 77.7 Å². The molecule has 3 aromatic rings. The molecule has 2 amide bonds. The molecule has 7 heteroatoms. The first-order chi connectivity index (χ1) is 14.5. The maximum absolute atomic E-state index is 13.0. The Hall–Kier alpha value is -2.64. The standard InChI is InChI=1S/C23H20BrN3O2S/c1-14-6-10-17(26-22(28)15-7-8-15)12-19(14)27-23(29)18-4-2-3-5-20(18)30-21-11-9-16(24)13-25-21/h2-6,9-13,15H,7-8H2,1H3,(H,26,28)(H,27,29). The van der Waals surface area contributed by atoms with Crippen LogP contribution in [0.4, 0.5) is 11.4 Å². The Morgan fingerprint density at radius 1 is 1.07 bits per heavy atom. The number of rotatable bonds is 6. The number of hydrogen-bond donors (Lipinski definition) is 2. The van der Waals surface area contributed by atoms with E-state index in [0.29, 0.717) is 16.9 Å². The topological polar surface area (TPSA) is 71.1 Å². The molecule has 0 radical (unpaired) electrons. The third-order valence-corrected chi connectivity index (χ3v) is 6.24. The third kappa shape index (κ3) is 5.09. The van der Waals surface area contributed by atoms with Gasteiger partial charge in [-0.15, -0.1) is 0 Å². The molecule has 1 heterocycles. The number of carbonyl (C=O) groups excluding carboxylic acids is 2. The molecule has 1 aliphatic carbocycles. The summed E-state index contributed by atoms with van der Waals surface area (Å²) in [6.45, 7) is 1.93. The monoisotopic (exact) mass is 481 g/mol. The normalized spacial score (nSPS) is 13.0. The lowest BCUT2D eigenvalue weighted by molar-refractivity contribution is -0.117. The number of hydrogen-bond acceptors (Lipinski definition) is 4. The fraction of sp³-hybridized carbons (Fsp3) is 0.174. The van der Waals surface area contributed by atoms with E-state index in [2.05, 4.69) is 31.5 Å². The molecule has 2 N–H and O–H groups in total. The number of nitrogens with zero attached hydrogens (tertiary/aromatic N) is 1. The van der Waals surface area contributed by atoms with E-state index in [0.717, 1.165) is 32.8 Å². The lowest BCUT2D eigenvalue weighted by atomic mass is 10.1. The molecule has 0 unspecified atom stereocenters. The van der Waals surface area contributed by atoms with Gasteiger partial charge in [0.2, 0.25) is 5.91 Å². The number of carbonyl (C=O) groups is 2. The average Bonchev–Trinajstić information content (AvgIpc) is 3.58. The first kappa shape index (κ1) is 20.6. The predicted octanol–water partition coefficient (Wildman–Crippen LogP) is 5.90. The van der Waals surface area contributed by atoms with Crippen LogP contribution in [-0.2, 0) is 4.79 Å². The highest BCUT2D eigenvalue weighted by Crippen LogP contribution is 2.32. The minimum Gasteiger partial charge on any atom is -0.326 e. The van der Waals surface area contributed by atoms with Crippen molar-refractivity contribution in [2.75, 3.05) is 10.6 Å². The minimum atomic E-state index is -0.205. The highest BCUT2D eigenvalue weighted by Gasteiger charge is 2.29. The highest BCUT2D eigenvalue weighted by atomic mass is 79.9. The fourth-order valence-corrected chi connectivity index (χ4v) is 4.01. The van der Waals surface area contributed by atoms with Crippen LogP contribution in [0.25, 0.3) is 0 Å². The van der Waals surface area contributed by atoms with Gasteiger partial charge in [-0.3, -0.25) is 9.59 Å². The molecule has 30 heavy (non-hydrogen) atoms. The van der Waals surface area contributed by atoms with E-state index in [4.69, 9.17) is 0 Å². The lowest BCUT2D eigenvalue weighted by Crippen LogP contribution is -2.16. The van der Waals surface area contributed by atoms with E-state index in [-0.39, 0.29) is 17.7 Å². The second kappa shape index (κ2) is 9.02. The van der Waals surface area contributed by atoms with Gasteiger partial charge in [0, 0.05) is 32.9 Å². The molecular weight excluding hydrogens is 462 g/mol. The average molecular weight is 482 g/mol. The third-order valence-electron chi connectivity index (χ3n) is 4.75. The van der Waals surface area contributed by atoms with Gasteiger partial charge < -0.3 is 10.6 Å². The summed E-state index contributed by atoms with van der Waals surface area (Å²) in [7, 11) is 0. The van der Waals surface area contributed by atoms with Gasteiger partial charge in [0.1, 0.15) is 5.03 Å². The van der Waals surface area contributed by atoms with Gasteiger partial charge in [-0.2, -0.15) is 0 Å². The van der Waals surface area contributed by atoms with Crippen molar-refractivity contribution in [1.29, 1.82) is 0 Å². The van der Waals surface area contributed by atoms with Crippen molar-refractivity contribution in [2.45, 2.75) is 29.7 Å². The zero-order chi connectivity index (χ0) is 21.1. The largest absolute Gasteiger partial charge is 0.326 e. The van der Waals surface area contributed by atoms with Crippen LogP contribution in [0.3, 0.4) is 0 Å². The summed E-state index contributed by atoms with van der Waals surface area (Å²) in [5, 5.41) is 6.72. The molecular formula is C23H20BrN3O2S. The van der Waals surface area contributed by atoms with Crippen molar-refractivity contribution in [2.24, 2.45) is 5.92 Å². The minimum absolute atomic E-state index is 0.0415. The van der Waals surface area contributed by atoms with Crippen LogP contribution in [0, 0.1) is 12.8 Å². The summed E-state index contributed by atoms with van der Waals surface area (Å²) in [4.78, 5) is 30.3.